The topological polar surface area (TPSA) is 55.9 Å². The molecule has 2 aromatic carbocycles. The SMILES string of the molecule is COc1ccc(C(CNCc2ccc(OCc3ccncc3)c(OC)c2)N(C)C)cc1. The van der Waals surface area contributed by atoms with Crippen LogP contribution in [0.15, 0.2) is 67.0 Å². The molecule has 0 aliphatic carbocycles. The van der Waals surface area contributed by atoms with Crippen LogP contribution in [-0.4, -0.2) is 44.7 Å². The molecule has 0 aliphatic heterocycles. The monoisotopic (exact) mass is 421 g/mol. The van der Waals surface area contributed by atoms with E-state index in [-0.39, 0.29) is 6.04 Å². The van der Waals surface area contributed by atoms with Gasteiger partial charge in [0.25, 0.3) is 0 Å². The van der Waals surface area contributed by atoms with Crippen molar-refractivity contribution in [2.45, 2.75) is 19.2 Å². The number of nitrogens with one attached hydrogen (secondary N) is 1. The van der Waals surface area contributed by atoms with E-state index in [9.17, 15) is 0 Å². The van der Waals surface area contributed by atoms with Crippen LogP contribution in [0.2, 0.25) is 0 Å². The van der Waals surface area contributed by atoms with Crippen molar-refractivity contribution < 1.29 is 14.2 Å². The summed E-state index contributed by atoms with van der Waals surface area (Å²) >= 11 is 0. The molecule has 0 aliphatic rings. The first kappa shape index (κ1) is 22.6. The first-order valence-corrected chi connectivity index (χ1v) is 10.3. The number of hydrogen-bond donors (Lipinski definition) is 1. The van der Waals surface area contributed by atoms with Gasteiger partial charge in [-0.15, -0.1) is 0 Å². The van der Waals surface area contributed by atoms with E-state index in [1.54, 1.807) is 26.6 Å². The largest absolute Gasteiger partial charge is 0.497 e. The minimum Gasteiger partial charge on any atom is -0.497 e. The van der Waals surface area contributed by atoms with Gasteiger partial charge in [-0.25, -0.2) is 0 Å². The molecule has 0 spiro atoms. The Labute approximate surface area is 184 Å². The Morgan fingerprint density at radius 1 is 0.871 bits per heavy atom. The van der Waals surface area contributed by atoms with Crippen molar-refractivity contribution in [3.63, 3.8) is 0 Å². The average molecular weight is 422 g/mol. The van der Waals surface area contributed by atoms with E-state index < -0.39 is 0 Å². The molecule has 0 fully saturated rings. The molecule has 3 aromatic rings. The molecule has 31 heavy (non-hydrogen) atoms. The van der Waals surface area contributed by atoms with E-state index in [2.05, 4.69) is 47.5 Å². The fourth-order valence-electron chi connectivity index (χ4n) is 3.36. The van der Waals surface area contributed by atoms with Gasteiger partial charge >= 0.3 is 0 Å². The van der Waals surface area contributed by atoms with Crippen molar-refractivity contribution in [3.8, 4) is 17.2 Å². The molecule has 0 bridgehead atoms. The number of rotatable bonds is 11. The van der Waals surface area contributed by atoms with Crippen LogP contribution in [0.4, 0.5) is 0 Å². The molecule has 6 heteroatoms. The summed E-state index contributed by atoms with van der Waals surface area (Å²) < 4.78 is 16.7. The lowest BCUT2D eigenvalue weighted by atomic mass is 10.1. The van der Waals surface area contributed by atoms with Crippen molar-refractivity contribution in [2.75, 3.05) is 34.9 Å². The summed E-state index contributed by atoms with van der Waals surface area (Å²) in [5, 5.41) is 3.56. The molecule has 164 valence electrons. The normalized spacial score (nSPS) is 11.9. The van der Waals surface area contributed by atoms with Crippen molar-refractivity contribution in [3.05, 3.63) is 83.7 Å². The maximum absolute atomic E-state index is 5.93. The van der Waals surface area contributed by atoms with Crippen LogP contribution in [-0.2, 0) is 13.2 Å². The zero-order valence-corrected chi connectivity index (χ0v) is 18.7. The number of aromatic nitrogens is 1. The van der Waals surface area contributed by atoms with Crippen LogP contribution in [0.5, 0.6) is 17.2 Å². The Kier molecular flexibility index (Phi) is 8.27. The van der Waals surface area contributed by atoms with Gasteiger partial charge in [0.2, 0.25) is 0 Å². The number of hydrogen-bond acceptors (Lipinski definition) is 6. The number of ether oxygens (including phenoxy) is 3. The first-order chi connectivity index (χ1) is 15.1. The van der Waals surface area contributed by atoms with Gasteiger partial charge in [-0.2, -0.15) is 0 Å². The van der Waals surface area contributed by atoms with E-state index in [0.29, 0.717) is 6.61 Å². The van der Waals surface area contributed by atoms with E-state index in [4.69, 9.17) is 14.2 Å². The lowest BCUT2D eigenvalue weighted by molar-refractivity contribution is 0.283. The maximum Gasteiger partial charge on any atom is 0.161 e. The smallest absolute Gasteiger partial charge is 0.161 e. The Balaban J connectivity index is 1.58. The first-order valence-electron chi connectivity index (χ1n) is 10.3. The summed E-state index contributed by atoms with van der Waals surface area (Å²) in [4.78, 5) is 6.24. The van der Waals surface area contributed by atoms with Gasteiger partial charge < -0.3 is 24.4 Å². The Hall–Kier alpha value is -3.09. The third-order valence-electron chi connectivity index (χ3n) is 5.16. The number of pyridine rings is 1. The standard InChI is InChI=1S/C25H31N3O3/c1-28(2)23(21-6-8-22(29-3)9-7-21)17-27-16-20-5-10-24(25(15-20)30-4)31-18-19-11-13-26-14-12-19/h5-15,23,27H,16-18H2,1-4H3. The van der Waals surface area contributed by atoms with E-state index >= 15 is 0 Å². The number of likely N-dealkylation sites (N-methyl/N-ethyl adjacent to an activating group) is 1. The summed E-state index contributed by atoms with van der Waals surface area (Å²) in [7, 11) is 7.53. The van der Waals surface area contributed by atoms with Gasteiger partial charge in [-0.1, -0.05) is 18.2 Å². The lowest BCUT2D eigenvalue weighted by Gasteiger charge is -2.25. The molecule has 6 nitrogen and oxygen atoms in total. The average Bonchev–Trinajstić information content (AvgIpc) is 2.81. The summed E-state index contributed by atoms with van der Waals surface area (Å²) in [5.74, 6) is 2.33. The fraction of sp³-hybridized carbons (Fsp3) is 0.320. The highest BCUT2D eigenvalue weighted by molar-refractivity contribution is 5.43. The second-order valence-corrected chi connectivity index (χ2v) is 7.51. The predicted molar refractivity (Wildman–Crippen MR) is 123 cm³/mol. The summed E-state index contributed by atoms with van der Waals surface area (Å²) in [6.45, 7) is 2.03. The zero-order valence-electron chi connectivity index (χ0n) is 18.7. The van der Waals surface area contributed by atoms with Gasteiger partial charge in [0.1, 0.15) is 12.4 Å². The summed E-state index contributed by atoms with van der Waals surface area (Å²) in [5.41, 5.74) is 3.45. The molecular weight excluding hydrogens is 390 g/mol. The predicted octanol–water partition coefficient (Wildman–Crippen LogP) is 4.07. The van der Waals surface area contributed by atoms with Crippen molar-refractivity contribution in [1.82, 2.24) is 15.2 Å². The number of methoxy groups -OCH3 is 2. The molecule has 1 unspecified atom stereocenters. The van der Waals surface area contributed by atoms with Gasteiger partial charge in [0.05, 0.1) is 14.2 Å². The quantitative estimate of drug-likeness (QED) is 0.504. The van der Waals surface area contributed by atoms with Crippen molar-refractivity contribution >= 4 is 0 Å². The second-order valence-electron chi connectivity index (χ2n) is 7.51. The van der Waals surface area contributed by atoms with Crippen LogP contribution in [0.3, 0.4) is 0 Å². The van der Waals surface area contributed by atoms with Crippen LogP contribution >= 0.6 is 0 Å². The van der Waals surface area contributed by atoms with Gasteiger partial charge in [0, 0.05) is 31.5 Å². The fourth-order valence-corrected chi connectivity index (χ4v) is 3.36. The molecule has 0 saturated heterocycles. The van der Waals surface area contributed by atoms with Crippen LogP contribution < -0.4 is 19.5 Å². The van der Waals surface area contributed by atoms with Crippen molar-refractivity contribution in [1.29, 1.82) is 0 Å². The molecular formula is C25H31N3O3. The Morgan fingerprint density at radius 3 is 2.26 bits per heavy atom. The summed E-state index contributed by atoms with van der Waals surface area (Å²) in [6, 6.07) is 18.4. The van der Waals surface area contributed by atoms with Crippen LogP contribution in [0.1, 0.15) is 22.7 Å². The molecule has 1 heterocycles. The van der Waals surface area contributed by atoms with E-state index in [0.717, 1.165) is 41.5 Å². The van der Waals surface area contributed by atoms with Gasteiger partial charge in [0.15, 0.2) is 11.5 Å². The molecule has 1 atom stereocenters. The highest BCUT2D eigenvalue weighted by atomic mass is 16.5. The second kappa shape index (κ2) is 11.3. The number of nitrogens with zero attached hydrogens (tertiary/aromatic N) is 2. The highest BCUT2D eigenvalue weighted by Gasteiger charge is 2.14. The molecule has 0 saturated carbocycles. The number of benzene rings is 2. The van der Waals surface area contributed by atoms with Gasteiger partial charge in [-0.3, -0.25) is 4.98 Å². The lowest BCUT2D eigenvalue weighted by Crippen LogP contribution is -2.30. The van der Waals surface area contributed by atoms with Crippen LogP contribution in [0.25, 0.3) is 0 Å². The minimum atomic E-state index is 0.260. The van der Waals surface area contributed by atoms with E-state index in [1.807, 2.05) is 36.4 Å². The minimum absolute atomic E-state index is 0.260. The highest BCUT2D eigenvalue weighted by Crippen LogP contribution is 2.29. The maximum atomic E-state index is 5.93. The molecule has 0 amide bonds. The zero-order chi connectivity index (χ0) is 22.1. The summed E-state index contributed by atoms with van der Waals surface area (Å²) in [6.07, 6.45) is 3.52. The molecule has 1 aromatic heterocycles. The third kappa shape index (κ3) is 6.44. The van der Waals surface area contributed by atoms with Crippen molar-refractivity contribution in [2.24, 2.45) is 0 Å². The molecule has 3 rings (SSSR count). The van der Waals surface area contributed by atoms with Crippen LogP contribution in [0, 0.1) is 0 Å². The van der Waals surface area contributed by atoms with E-state index in [1.165, 1.54) is 5.56 Å². The van der Waals surface area contributed by atoms with Gasteiger partial charge in [-0.05, 0) is 67.2 Å². The Bertz CT molecular complexity index is 931. The molecule has 1 N–H and O–H groups in total. The third-order valence-corrected chi connectivity index (χ3v) is 5.16. The molecule has 0 radical (unpaired) electrons. The Morgan fingerprint density at radius 2 is 1.61 bits per heavy atom.